The molecule has 1 heteroatoms. The molecule has 1 N–H and O–H groups in total. The number of allylic oxidation sites excluding steroid dienone is 5. The summed E-state index contributed by atoms with van der Waals surface area (Å²) < 4.78 is 0. The van der Waals surface area contributed by atoms with Gasteiger partial charge in [-0.3, -0.25) is 0 Å². The Morgan fingerprint density at radius 2 is 1.29 bits per heavy atom. The van der Waals surface area contributed by atoms with Gasteiger partial charge in [0.25, 0.3) is 0 Å². The Morgan fingerprint density at radius 1 is 0.710 bits per heavy atom. The molecule has 7 atom stereocenters. The van der Waals surface area contributed by atoms with Crippen LogP contribution in [-0.4, -0.2) is 11.2 Å². The molecule has 31 heavy (non-hydrogen) atoms. The van der Waals surface area contributed by atoms with Crippen LogP contribution in [0.3, 0.4) is 0 Å². The summed E-state index contributed by atoms with van der Waals surface area (Å²) in [5.74, 6) is 3.01. The van der Waals surface area contributed by atoms with Gasteiger partial charge in [0, 0.05) is 11.3 Å². The van der Waals surface area contributed by atoms with Gasteiger partial charge >= 0.3 is 0 Å². The van der Waals surface area contributed by atoms with Crippen LogP contribution in [0.4, 0.5) is 0 Å². The second-order valence-corrected chi connectivity index (χ2v) is 14.2. The van der Waals surface area contributed by atoms with Crippen molar-refractivity contribution in [1.29, 1.82) is 0 Å². The van der Waals surface area contributed by atoms with E-state index >= 15 is 0 Å². The van der Waals surface area contributed by atoms with Gasteiger partial charge in [-0.15, -0.1) is 0 Å². The van der Waals surface area contributed by atoms with Crippen LogP contribution in [0.5, 0.6) is 0 Å². The van der Waals surface area contributed by atoms with Crippen LogP contribution in [0.15, 0.2) is 33.4 Å². The van der Waals surface area contributed by atoms with Crippen molar-refractivity contribution in [2.45, 2.75) is 101 Å². The van der Waals surface area contributed by atoms with E-state index in [1.165, 1.54) is 25.7 Å². The minimum atomic E-state index is -0.187. The predicted octanol–water partition coefficient (Wildman–Crippen LogP) is 7.47. The van der Waals surface area contributed by atoms with E-state index in [2.05, 4.69) is 62.3 Å². The molecule has 0 spiro atoms. The highest BCUT2D eigenvalue weighted by Crippen LogP contribution is 2.75. The fourth-order valence-electron chi connectivity index (χ4n) is 10.3. The maximum atomic E-state index is 12.0. The standard InChI is InChI=1S/C30H44O/c1-15-20-10-18(27(20,4)5)11-22(15)30(14-19-12-23(17(30)3)28(19,6)7)25-16(2)21-13-24(26(25)31)29(21,8)9/h18-19,22,24-26,31H,10-14H2,1-9H3/t18?,19?,22?,24?,25?,26-,30?/m1/s1. The van der Waals surface area contributed by atoms with Crippen LogP contribution in [-0.2, 0) is 0 Å². The normalized spacial score (nSPS) is 48.2. The Kier molecular flexibility index (Phi) is 3.77. The van der Waals surface area contributed by atoms with Gasteiger partial charge in [0.15, 0.2) is 0 Å². The van der Waals surface area contributed by atoms with Crippen LogP contribution in [0.2, 0.25) is 0 Å². The van der Waals surface area contributed by atoms with Crippen molar-refractivity contribution in [1.82, 2.24) is 0 Å². The van der Waals surface area contributed by atoms with E-state index in [4.69, 9.17) is 0 Å². The summed E-state index contributed by atoms with van der Waals surface area (Å²) in [6.07, 6.45) is 6.21. The fraction of sp³-hybridized carbons (Fsp3) is 0.800. The fourth-order valence-corrected chi connectivity index (χ4v) is 10.3. The highest BCUT2D eigenvalue weighted by atomic mass is 16.3. The maximum Gasteiger partial charge on any atom is 0.0653 e. The molecule has 0 aromatic carbocycles. The number of fused-ring (bicyclic) bond motifs is 8. The molecule has 1 nitrogen and oxygen atoms in total. The Morgan fingerprint density at radius 3 is 1.77 bits per heavy atom. The van der Waals surface area contributed by atoms with Crippen LogP contribution in [0, 0.1) is 51.2 Å². The lowest BCUT2D eigenvalue weighted by Gasteiger charge is -2.69. The van der Waals surface area contributed by atoms with Gasteiger partial charge in [-0.1, -0.05) is 75.0 Å². The van der Waals surface area contributed by atoms with Crippen molar-refractivity contribution < 1.29 is 5.11 Å². The highest BCUT2D eigenvalue weighted by Gasteiger charge is 2.67. The van der Waals surface area contributed by atoms with Crippen LogP contribution >= 0.6 is 0 Å². The molecule has 3 saturated carbocycles. The third-order valence-electron chi connectivity index (χ3n) is 12.8. The third-order valence-corrected chi connectivity index (χ3v) is 12.8. The summed E-state index contributed by atoms with van der Waals surface area (Å²) in [4.78, 5) is 0. The quantitative estimate of drug-likeness (QED) is 0.459. The average Bonchev–Trinajstić information content (AvgIpc) is 2.67. The van der Waals surface area contributed by atoms with Gasteiger partial charge in [0.1, 0.15) is 0 Å². The van der Waals surface area contributed by atoms with E-state index < -0.39 is 0 Å². The second-order valence-electron chi connectivity index (χ2n) is 14.2. The van der Waals surface area contributed by atoms with E-state index in [1.807, 2.05) is 0 Å². The van der Waals surface area contributed by atoms with E-state index in [-0.39, 0.29) is 16.9 Å². The maximum absolute atomic E-state index is 12.0. The first-order valence-electron chi connectivity index (χ1n) is 13.1. The van der Waals surface area contributed by atoms with E-state index in [1.54, 1.807) is 33.4 Å². The summed E-state index contributed by atoms with van der Waals surface area (Å²) in [5.41, 5.74) is 11.2. The smallest absolute Gasteiger partial charge is 0.0653 e. The highest BCUT2D eigenvalue weighted by molar-refractivity contribution is 5.49. The predicted molar refractivity (Wildman–Crippen MR) is 128 cm³/mol. The molecule has 6 bridgehead atoms. The lowest BCUT2D eigenvalue weighted by atomic mass is 9.35. The summed E-state index contributed by atoms with van der Waals surface area (Å²) >= 11 is 0. The van der Waals surface area contributed by atoms with Crippen molar-refractivity contribution in [2.24, 2.45) is 51.2 Å². The van der Waals surface area contributed by atoms with Crippen LogP contribution in [0.1, 0.15) is 94.4 Å². The summed E-state index contributed by atoms with van der Waals surface area (Å²) in [6.45, 7) is 22.1. The molecular formula is C30H44O. The van der Waals surface area contributed by atoms with Crippen molar-refractivity contribution in [2.75, 3.05) is 0 Å². The zero-order valence-corrected chi connectivity index (χ0v) is 21.4. The molecule has 0 heterocycles. The van der Waals surface area contributed by atoms with E-state index in [0.717, 1.165) is 18.3 Å². The number of rotatable bonds is 2. The molecule has 0 aromatic rings. The molecule has 9 rings (SSSR count). The minimum Gasteiger partial charge on any atom is -0.392 e. The molecular weight excluding hydrogens is 376 g/mol. The number of hydrogen-bond donors (Lipinski definition) is 1. The minimum absolute atomic E-state index is 0.141. The van der Waals surface area contributed by atoms with Gasteiger partial charge in [-0.25, -0.2) is 0 Å². The Bertz CT molecular complexity index is 982. The lowest BCUT2D eigenvalue weighted by Crippen LogP contribution is -2.63. The average molecular weight is 421 g/mol. The first-order valence-corrected chi connectivity index (χ1v) is 13.1. The number of aliphatic hydroxyl groups excluding tert-OH is 1. The SMILES string of the molecule is CC1=C2CC(CC1C1(C3C(C)=C4CC([C@H]3O)C4(C)C)CC3CC(=C1C)C3(C)C)C2(C)C. The largest absolute Gasteiger partial charge is 0.392 e. The van der Waals surface area contributed by atoms with Crippen molar-refractivity contribution in [3.8, 4) is 0 Å². The third kappa shape index (κ3) is 2.06. The molecule has 3 fully saturated rings. The van der Waals surface area contributed by atoms with Gasteiger partial charge in [-0.2, -0.15) is 0 Å². The first-order chi connectivity index (χ1) is 14.3. The molecule has 0 amide bonds. The molecule has 0 radical (unpaired) electrons. The van der Waals surface area contributed by atoms with Crippen LogP contribution < -0.4 is 0 Å². The molecule has 0 aromatic heterocycles. The van der Waals surface area contributed by atoms with Crippen molar-refractivity contribution >= 4 is 0 Å². The topological polar surface area (TPSA) is 20.2 Å². The number of hydrogen-bond acceptors (Lipinski definition) is 1. The molecule has 170 valence electrons. The van der Waals surface area contributed by atoms with E-state index in [9.17, 15) is 5.11 Å². The summed E-state index contributed by atoms with van der Waals surface area (Å²) in [7, 11) is 0. The Labute approximate surface area is 190 Å². The molecule has 9 aliphatic carbocycles. The number of aliphatic hydroxyl groups is 1. The van der Waals surface area contributed by atoms with Gasteiger partial charge in [-0.05, 0) is 92.8 Å². The zero-order chi connectivity index (χ0) is 22.5. The lowest BCUT2D eigenvalue weighted by molar-refractivity contribution is -0.110. The monoisotopic (exact) mass is 420 g/mol. The molecule has 9 aliphatic rings. The zero-order valence-electron chi connectivity index (χ0n) is 21.4. The summed E-state index contributed by atoms with van der Waals surface area (Å²) in [6, 6.07) is 0. The van der Waals surface area contributed by atoms with Crippen molar-refractivity contribution in [3.63, 3.8) is 0 Å². The summed E-state index contributed by atoms with van der Waals surface area (Å²) in [5, 5.41) is 12.0. The molecule has 0 saturated heterocycles. The van der Waals surface area contributed by atoms with Gasteiger partial charge in [0.2, 0.25) is 0 Å². The van der Waals surface area contributed by atoms with E-state index in [0.29, 0.717) is 28.6 Å². The van der Waals surface area contributed by atoms with Crippen molar-refractivity contribution in [3.05, 3.63) is 33.4 Å². The Hall–Kier alpha value is -0.820. The Balaban J connectivity index is 1.57. The first kappa shape index (κ1) is 20.8. The molecule has 0 aliphatic heterocycles. The molecule has 6 unspecified atom stereocenters. The van der Waals surface area contributed by atoms with Crippen LogP contribution in [0.25, 0.3) is 0 Å². The van der Waals surface area contributed by atoms with Gasteiger partial charge in [0.05, 0.1) is 6.10 Å². The second kappa shape index (κ2) is 5.63. The van der Waals surface area contributed by atoms with Gasteiger partial charge < -0.3 is 5.11 Å².